The number of esters is 1. The molecule has 5 rings (SSSR count). The Kier molecular flexibility index (Phi) is 11.6. The molecule has 0 saturated heterocycles. The summed E-state index contributed by atoms with van der Waals surface area (Å²) in [5.74, 6) is -3.27. The Morgan fingerprint density at radius 3 is 2.62 bits per heavy atom. The van der Waals surface area contributed by atoms with Gasteiger partial charge in [-0.3, -0.25) is 14.4 Å². The molecule has 48 heavy (non-hydrogen) atoms. The van der Waals surface area contributed by atoms with E-state index in [1.54, 1.807) is 60.4 Å². The number of nitrogens with zero attached hydrogens (tertiary/aromatic N) is 4. The van der Waals surface area contributed by atoms with E-state index in [0.717, 1.165) is 0 Å². The van der Waals surface area contributed by atoms with Crippen LogP contribution < -0.4 is 10.2 Å². The second-order valence-corrected chi connectivity index (χ2v) is 14.9. The lowest BCUT2D eigenvalue weighted by Gasteiger charge is -2.49. The van der Waals surface area contributed by atoms with Crippen LogP contribution in [-0.4, -0.2) is 55.7 Å². The molecular weight excluding hydrogens is 703 g/mol. The van der Waals surface area contributed by atoms with Gasteiger partial charge in [-0.2, -0.15) is 0 Å². The zero-order valence-corrected chi connectivity index (χ0v) is 28.8. The van der Waals surface area contributed by atoms with Crippen LogP contribution in [0, 0.1) is 0 Å². The average molecular weight is 736 g/mol. The molecule has 4 atom stereocenters. The molecule has 1 aromatic heterocycles. The lowest BCUT2D eigenvalue weighted by atomic mass is 9.76. The number of hydroxylamine groups is 1. The smallest absolute Gasteiger partial charge is 0.348 e. The zero-order valence-electron chi connectivity index (χ0n) is 25.7. The number of amides is 2. The molecular formula is C31H32Cl2N6O7S2. The molecule has 1 aliphatic carbocycles. The molecule has 1 aliphatic heterocycles. The summed E-state index contributed by atoms with van der Waals surface area (Å²) in [6.45, 7) is 1.91. The largest absolute Gasteiger partial charge is 0.462 e. The van der Waals surface area contributed by atoms with Gasteiger partial charge in [0.05, 0.1) is 18.6 Å². The van der Waals surface area contributed by atoms with Crippen molar-refractivity contribution in [2.45, 2.75) is 63.3 Å². The van der Waals surface area contributed by atoms with E-state index in [9.17, 15) is 22.8 Å². The van der Waals surface area contributed by atoms with Crippen LogP contribution in [0.3, 0.4) is 0 Å². The van der Waals surface area contributed by atoms with E-state index < -0.39 is 57.7 Å². The van der Waals surface area contributed by atoms with Crippen molar-refractivity contribution in [1.82, 2.24) is 15.1 Å². The van der Waals surface area contributed by atoms with Gasteiger partial charge in [-0.25, -0.2) is 23.4 Å². The number of rotatable bonds is 12. The Balaban J connectivity index is 1.53. The number of carbonyl (C=O) groups excluding carboxylic acids is 3. The lowest BCUT2D eigenvalue weighted by molar-refractivity contribution is -0.138. The first-order chi connectivity index (χ1) is 23.0. The summed E-state index contributed by atoms with van der Waals surface area (Å²) in [6, 6.07) is 12.4. The van der Waals surface area contributed by atoms with E-state index in [4.69, 9.17) is 38.3 Å². The summed E-state index contributed by atoms with van der Waals surface area (Å²) in [5, 5.41) is 3.77. The maximum Gasteiger partial charge on any atom is 0.348 e. The molecule has 13 nitrogen and oxygen atoms in total. The summed E-state index contributed by atoms with van der Waals surface area (Å²) in [5.41, 5.74) is 12.4. The monoisotopic (exact) mass is 734 g/mol. The minimum absolute atomic E-state index is 0.0448. The van der Waals surface area contributed by atoms with Crippen LogP contribution in [0.1, 0.15) is 80.6 Å². The van der Waals surface area contributed by atoms with Crippen molar-refractivity contribution in [3.63, 3.8) is 0 Å². The van der Waals surface area contributed by atoms with Crippen LogP contribution in [-0.2, 0) is 31.0 Å². The fourth-order valence-corrected chi connectivity index (χ4v) is 8.58. The number of sulfonamides is 1. The average Bonchev–Trinajstić information content (AvgIpc) is 3.53. The third-order valence-corrected chi connectivity index (χ3v) is 10.9. The Morgan fingerprint density at radius 1 is 1.10 bits per heavy atom. The molecule has 1 fully saturated rings. The van der Waals surface area contributed by atoms with Gasteiger partial charge in [0.2, 0.25) is 10.0 Å². The summed E-state index contributed by atoms with van der Waals surface area (Å²) < 4.78 is 33.4. The van der Waals surface area contributed by atoms with Gasteiger partial charge in [0.1, 0.15) is 17.4 Å². The second kappa shape index (κ2) is 15.7. The van der Waals surface area contributed by atoms with E-state index in [-0.39, 0.29) is 23.8 Å². The molecule has 0 bridgehead atoms. The van der Waals surface area contributed by atoms with E-state index in [2.05, 4.69) is 20.2 Å². The van der Waals surface area contributed by atoms with Gasteiger partial charge >= 0.3 is 5.97 Å². The predicted molar refractivity (Wildman–Crippen MR) is 180 cm³/mol. The molecule has 2 aromatic carbocycles. The summed E-state index contributed by atoms with van der Waals surface area (Å²) in [4.78, 5) is 51.5. The number of carbonyl (C=O) groups is 3. The topological polar surface area (TPSA) is 180 Å². The van der Waals surface area contributed by atoms with Crippen molar-refractivity contribution >= 4 is 62.3 Å². The maximum absolute atomic E-state index is 14.4. The highest BCUT2D eigenvalue weighted by Gasteiger charge is 2.49. The molecule has 254 valence electrons. The fourth-order valence-electron chi connectivity index (χ4n) is 6.23. The minimum Gasteiger partial charge on any atom is -0.462 e. The van der Waals surface area contributed by atoms with Crippen LogP contribution in [0.5, 0.6) is 0 Å². The summed E-state index contributed by atoms with van der Waals surface area (Å²) in [7, 11) is -4.04. The number of halogens is 2. The molecule has 2 N–H and O–H groups in total. The molecule has 2 aliphatic rings. The predicted octanol–water partition coefficient (Wildman–Crippen LogP) is 6.26. The highest BCUT2D eigenvalue weighted by Crippen LogP contribution is 2.48. The molecule has 3 aromatic rings. The standard InChI is InChI=1S/C31H32Cl2N6O7S2/c1-2-45-31(42)26-14-12-19(47-26)16-46-36-29(40)27-20-7-3-4-8-21(20)30(41)39(28(27)22-13-11-18(32)15-23(22)33)25-10-6-5-9-24(25)37-48(43,44)17-35-38-34/h3-4,7-8,11-15,24-25,27-28,37H,2,5-6,9-10,16-17H2,1H3,(H,36,40)/t24-,25-,27+,28-/m0/s1. The van der Waals surface area contributed by atoms with E-state index in [0.29, 0.717) is 51.6 Å². The van der Waals surface area contributed by atoms with Crippen molar-refractivity contribution in [3.8, 4) is 0 Å². The molecule has 17 heteroatoms. The second-order valence-electron chi connectivity index (χ2n) is 11.2. The number of benzene rings is 2. The number of thiophene rings is 1. The Bertz CT molecular complexity index is 1850. The molecule has 0 radical (unpaired) electrons. The van der Waals surface area contributed by atoms with Crippen molar-refractivity contribution in [2.75, 3.05) is 12.5 Å². The van der Waals surface area contributed by atoms with Gasteiger partial charge in [0.15, 0.2) is 0 Å². The van der Waals surface area contributed by atoms with E-state index >= 15 is 0 Å². The first-order valence-corrected chi connectivity index (χ1v) is 18.3. The quantitative estimate of drug-likeness (QED) is 0.0724. The zero-order chi connectivity index (χ0) is 34.4. The number of hydrogen-bond acceptors (Lipinski definition) is 9. The van der Waals surface area contributed by atoms with E-state index in [1.807, 2.05) is 0 Å². The highest BCUT2D eigenvalue weighted by molar-refractivity contribution is 7.89. The fraction of sp³-hybridized carbons (Fsp3) is 0.387. The van der Waals surface area contributed by atoms with Crippen LogP contribution in [0.4, 0.5) is 0 Å². The number of nitrogens with one attached hydrogen (secondary N) is 2. The van der Waals surface area contributed by atoms with Crippen molar-refractivity contribution < 1.29 is 32.4 Å². The number of hydrogen-bond donors (Lipinski definition) is 2. The normalized spacial score (nSPS) is 20.8. The number of fused-ring (bicyclic) bond motifs is 1. The van der Waals surface area contributed by atoms with Crippen molar-refractivity contribution in [3.05, 3.63) is 102 Å². The number of ether oxygens (including phenoxy) is 1. The minimum atomic E-state index is -4.04. The van der Waals surface area contributed by atoms with Gasteiger partial charge in [0, 0.05) is 37.5 Å². The third kappa shape index (κ3) is 7.95. The van der Waals surface area contributed by atoms with Gasteiger partial charge in [-0.05, 0) is 66.8 Å². The van der Waals surface area contributed by atoms with Gasteiger partial charge in [0.25, 0.3) is 11.8 Å². The van der Waals surface area contributed by atoms with Crippen LogP contribution in [0.2, 0.25) is 10.0 Å². The molecule has 0 unspecified atom stereocenters. The van der Waals surface area contributed by atoms with E-state index in [1.165, 1.54) is 17.4 Å². The van der Waals surface area contributed by atoms with Crippen LogP contribution >= 0.6 is 34.5 Å². The van der Waals surface area contributed by atoms with Crippen molar-refractivity contribution in [2.24, 2.45) is 5.11 Å². The van der Waals surface area contributed by atoms with Gasteiger partial charge < -0.3 is 9.64 Å². The van der Waals surface area contributed by atoms with Crippen LogP contribution in [0.15, 0.2) is 59.7 Å². The summed E-state index contributed by atoms with van der Waals surface area (Å²) in [6.07, 6.45) is 2.21. The SMILES string of the molecule is CCOC(=O)c1ccc(CONC(=O)[C@@H]2c3ccccc3C(=O)N([C@H]3CCCC[C@@H]3NS(=O)(=O)CN=[N+]=[N-])[C@H]2c2ccc(Cl)cc2Cl)s1. The molecule has 2 heterocycles. The molecule has 2 amide bonds. The molecule has 1 saturated carbocycles. The third-order valence-electron chi connectivity index (χ3n) is 8.17. The van der Waals surface area contributed by atoms with Gasteiger partial charge in [-0.1, -0.05) is 65.4 Å². The first-order valence-electron chi connectivity index (χ1n) is 15.1. The van der Waals surface area contributed by atoms with Crippen LogP contribution in [0.25, 0.3) is 10.4 Å². The first kappa shape index (κ1) is 35.6. The Labute approximate surface area is 291 Å². The summed E-state index contributed by atoms with van der Waals surface area (Å²) >= 11 is 14.2. The lowest BCUT2D eigenvalue weighted by Crippen LogP contribution is -2.59. The highest BCUT2D eigenvalue weighted by atomic mass is 35.5. The Hall–Kier alpha value is -3.69. The van der Waals surface area contributed by atoms with Gasteiger partial charge in [-0.15, -0.1) is 11.3 Å². The van der Waals surface area contributed by atoms with Crippen molar-refractivity contribution in [1.29, 1.82) is 0 Å². The molecule has 0 spiro atoms. The maximum atomic E-state index is 14.4. The Morgan fingerprint density at radius 2 is 1.88 bits per heavy atom. The number of azide groups is 1.